The van der Waals surface area contributed by atoms with Crippen molar-refractivity contribution in [2.75, 3.05) is 18.5 Å². The largest absolute Gasteiger partial charge is 0.459 e. The topological polar surface area (TPSA) is 77.8 Å². The highest BCUT2D eigenvalue weighted by Crippen LogP contribution is 2.19. The van der Waals surface area contributed by atoms with E-state index in [1.54, 1.807) is 30.3 Å². The molecule has 0 unspecified atom stereocenters. The summed E-state index contributed by atoms with van der Waals surface area (Å²) in [5.74, 6) is -0.590. The molecule has 1 fully saturated rings. The predicted octanol–water partition coefficient (Wildman–Crippen LogP) is 3.18. The van der Waals surface area contributed by atoms with Gasteiger partial charge in [0.05, 0.1) is 17.9 Å². The van der Waals surface area contributed by atoms with Gasteiger partial charge in [-0.1, -0.05) is 6.07 Å². The van der Waals surface area contributed by atoms with Gasteiger partial charge in [0.25, 0.3) is 5.91 Å². The number of carbonyl (C=O) groups excluding carboxylic acids is 2. The molecule has 1 aliphatic heterocycles. The molecule has 3 rings (SSSR count). The minimum absolute atomic E-state index is 0.0162. The van der Waals surface area contributed by atoms with Crippen LogP contribution in [0.1, 0.15) is 39.3 Å². The SMILES string of the molecule is Cc1ccc(C(=O)OC[C@H]2CCCO2)cc1NC(=O)c1ccco1. The predicted molar refractivity (Wildman–Crippen MR) is 87.1 cm³/mol. The first-order valence-electron chi connectivity index (χ1n) is 7.88. The van der Waals surface area contributed by atoms with Crippen LogP contribution < -0.4 is 5.32 Å². The summed E-state index contributed by atoms with van der Waals surface area (Å²) >= 11 is 0. The zero-order chi connectivity index (χ0) is 16.9. The number of carbonyl (C=O) groups is 2. The molecule has 1 amide bonds. The lowest BCUT2D eigenvalue weighted by Crippen LogP contribution is -2.18. The van der Waals surface area contributed by atoms with E-state index in [1.807, 2.05) is 6.92 Å². The zero-order valence-electron chi connectivity index (χ0n) is 13.4. The van der Waals surface area contributed by atoms with Gasteiger partial charge in [-0.3, -0.25) is 4.79 Å². The van der Waals surface area contributed by atoms with Crippen molar-refractivity contribution in [3.63, 3.8) is 0 Å². The molecule has 2 aromatic rings. The lowest BCUT2D eigenvalue weighted by Gasteiger charge is -2.12. The Bertz CT molecular complexity index is 717. The molecule has 1 saturated heterocycles. The molecule has 1 atom stereocenters. The third-order valence-corrected chi connectivity index (χ3v) is 3.89. The average molecular weight is 329 g/mol. The summed E-state index contributed by atoms with van der Waals surface area (Å²) in [6, 6.07) is 8.26. The monoisotopic (exact) mass is 329 g/mol. The van der Waals surface area contributed by atoms with E-state index in [1.165, 1.54) is 6.26 Å². The van der Waals surface area contributed by atoms with Gasteiger partial charge < -0.3 is 19.2 Å². The van der Waals surface area contributed by atoms with E-state index in [-0.39, 0.29) is 24.4 Å². The first-order valence-corrected chi connectivity index (χ1v) is 7.88. The van der Waals surface area contributed by atoms with Crippen molar-refractivity contribution in [1.29, 1.82) is 0 Å². The molecule has 0 bridgehead atoms. The normalized spacial score (nSPS) is 16.8. The van der Waals surface area contributed by atoms with E-state index in [9.17, 15) is 9.59 Å². The maximum atomic E-state index is 12.2. The number of benzene rings is 1. The van der Waals surface area contributed by atoms with Gasteiger partial charge in [-0.05, 0) is 49.6 Å². The van der Waals surface area contributed by atoms with Crippen molar-refractivity contribution in [2.45, 2.75) is 25.9 Å². The molecule has 0 radical (unpaired) electrons. The average Bonchev–Trinajstić information content (AvgIpc) is 3.28. The number of hydrogen-bond donors (Lipinski definition) is 1. The number of hydrogen-bond acceptors (Lipinski definition) is 5. The molecule has 24 heavy (non-hydrogen) atoms. The van der Waals surface area contributed by atoms with Crippen molar-refractivity contribution in [3.8, 4) is 0 Å². The lowest BCUT2D eigenvalue weighted by atomic mass is 10.1. The lowest BCUT2D eigenvalue weighted by molar-refractivity contribution is 0.0161. The van der Waals surface area contributed by atoms with Gasteiger partial charge >= 0.3 is 5.97 Å². The standard InChI is InChI=1S/C18H19NO5/c1-12-6-7-13(18(21)24-11-14-4-2-8-22-14)10-15(12)19-17(20)16-5-3-9-23-16/h3,5-7,9-10,14H,2,4,8,11H2,1H3,(H,19,20)/t14-/m1/s1. The number of furan rings is 1. The number of ether oxygens (including phenoxy) is 2. The van der Waals surface area contributed by atoms with Gasteiger partial charge in [0.15, 0.2) is 5.76 Å². The molecule has 1 N–H and O–H groups in total. The second-order valence-electron chi connectivity index (χ2n) is 5.69. The van der Waals surface area contributed by atoms with Gasteiger partial charge in [-0.2, -0.15) is 0 Å². The van der Waals surface area contributed by atoms with Crippen molar-refractivity contribution >= 4 is 17.6 Å². The Labute approximate surface area is 139 Å². The molecule has 126 valence electrons. The minimum Gasteiger partial charge on any atom is -0.459 e. The van der Waals surface area contributed by atoms with Gasteiger partial charge in [-0.25, -0.2) is 4.79 Å². The Balaban J connectivity index is 1.66. The van der Waals surface area contributed by atoms with E-state index in [0.717, 1.165) is 25.0 Å². The molecular formula is C18H19NO5. The van der Waals surface area contributed by atoms with Crippen LogP contribution in [0.2, 0.25) is 0 Å². The van der Waals surface area contributed by atoms with Crippen LogP contribution >= 0.6 is 0 Å². The van der Waals surface area contributed by atoms with Crippen LogP contribution in [0.3, 0.4) is 0 Å². The van der Waals surface area contributed by atoms with Gasteiger partial charge in [-0.15, -0.1) is 0 Å². The second kappa shape index (κ2) is 7.31. The van der Waals surface area contributed by atoms with Crippen LogP contribution in [-0.2, 0) is 9.47 Å². The van der Waals surface area contributed by atoms with Crippen LogP contribution in [0.25, 0.3) is 0 Å². The fourth-order valence-corrected chi connectivity index (χ4v) is 2.50. The van der Waals surface area contributed by atoms with Crippen LogP contribution in [0.5, 0.6) is 0 Å². The molecule has 0 spiro atoms. The quantitative estimate of drug-likeness (QED) is 0.853. The Morgan fingerprint density at radius 2 is 2.21 bits per heavy atom. The third kappa shape index (κ3) is 3.83. The number of amides is 1. The van der Waals surface area contributed by atoms with E-state index in [4.69, 9.17) is 13.9 Å². The maximum absolute atomic E-state index is 12.2. The summed E-state index contributed by atoms with van der Waals surface area (Å²) in [4.78, 5) is 24.2. The molecular weight excluding hydrogens is 310 g/mol. The fraction of sp³-hybridized carbons (Fsp3) is 0.333. The molecule has 1 aliphatic rings. The Kier molecular flexibility index (Phi) is 4.96. The summed E-state index contributed by atoms with van der Waals surface area (Å²) in [7, 11) is 0. The van der Waals surface area contributed by atoms with E-state index >= 15 is 0 Å². The Morgan fingerprint density at radius 1 is 1.33 bits per heavy atom. The van der Waals surface area contributed by atoms with Crippen LogP contribution in [-0.4, -0.2) is 31.2 Å². The number of rotatable bonds is 5. The summed E-state index contributed by atoms with van der Waals surface area (Å²) in [5, 5.41) is 2.74. The van der Waals surface area contributed by atoms with Crippen molar-refractivity contribution in [3.05, 3.63) is 53.5 Å². The molecule has 6 heteroatoms. The minimum atomic E-state index is -0.431. The van der Waals surface area contributed by atoms with Crippen LogP contribution in [0, 0.1) is 6.92 Å². The summed E-state index contributed by atoms with van der Waals surface area (Å²) in [6.07, 6.45) is 3.32. The van der Waals surface area contributed by atoms with E-state index < -0.39 is 5.97 Å². The summed E-state index contributed by atoms with van der Waals surface area (Å²) in [6.45, 7) is 2.82. The van der Waals surface area contributed by atoms with Crippen LogP contribution in [0.15, 0.2) is 41.0 Å². The van der Waals surface area contributed by atoms with E-state index in [0.29, 0.717) is 11.3 Å². The van der Waals surface area contributed by atoms with Crippen molar-refractivity contribution in [2.24, 2.45) is 0 Å². The Morgan fingerprint density at radius 3 is 2.92 bits per heavy atom. The third-order valence-electron chi connectivity index (χ3n) is 3.89. The fourth-order valence-electron chi connectivity index (χ4n) is 2.50. The summed E-state index contributed by atoms with van der Waals surface area (Å²) in [5.41, 5.74) is 1.77. The Hall–Kier alpha value is -2.60. The molecule has 6 nitrogen and oxygen atoms in total. The highest BCUT2D eigenvalue weighted by atomic mass is 16.6. The second-order valence-corrected chi connectivity index (χ2v) is 5.69. The number of esters is 1. The van der Waals surface area contributed by atoms with Crippen molar-refractivity contribution in [1.82, 2.24) is 0 Å². The number of nitrogens with one attached hydrogen (secondary N) is 1. The maximum Gasteiger partial charge on any atom is 0.338 e. The first kappa shape index (κ1) is 16.3. The molecule has 0 aliphatic carbocycles. The number of anilines is 1. The highest BCUT2D eigenvalue weighted by molar-refractivity contribution is 6.03. The first-order chi connectivity index (χ1) is 11.6. The highest BCUT2D eigenvalue weighted by Gasteiger charge is 2.19. The van der Waals surface area contributed by atoms with Crippen molar-refractivity contribution < 1.29 is 23.5 Å². The van der Waals surface area contributed by atoms with E-state index in [2.05, 4.69) is 5.32 Å². The van der Waals surface area contributed by atoms with Gasteiger partial charge in [0.2, 0.25) is 0 Å². The molecule has 0 saturated carbocycles. The molecule has 1 aromatic carbocycles. The van der Waals surface area contributed by atoms with Gasteiger partial charge in [0, 0.05) is 12.3 Å². The van der Waals surface area contributed by atoms with Gasteiger partial charge in [0.1, 0.15) is 6.61 Å². The zero-order valence-corrected chi connectivity index (χ0v) is 13.4. The molecule has 1 aromatic heterocycles. The van der Waals surface area contributed by atoms with Crippen LogP contribution in [0.4, 0.5) is 5.69 Å². The number of aryl methyl sites for hydroxylation is 1. The molecule has 2 heterocycles. The summed E-state index contributed by atoms with van der Waals surface area (Å²) < 4.78 is 15.8. The smallest absolute Gasteiger partial charge is 0.338 e.